The fourth-order valence-electron chi connectivity index (χ4n) is 0.921. The molecule has 0 aromatic carbocycles. The van der Waals surface area contributed by atoms with Crippen molar-refractivity contribution in [1.82, 2.24) is 4.98 Å². The van der Waals surface area contributed by atoms with Gasteiger partial charge in [0.2, 0.25) is 5.43 Å². The summed E-state index contributed by atoms with van der Waals surface area (Å²) in [5, 5.41) is 8.44. The van der Waals surface area contributed by atoms with Gasteiger partial charge >= 0.3 is 0 Å². The summed E-state index contributed by atoms with van der Waals surface area (Å²) in [4.78, 5) is 23.4. The number of nitrogens with zero attached hydrogens (tertiary/aromatic N) is 1. The number of aromatic nitrogens is 1. The Hall–Kier alpha value is -2.03. The third-order valence-electron chi connectivity index (χ3n) is 1.55. The molecule has 72 valence electrons. The number of aromatic amines is 1. The number of carbonyl (C=O) groups is 1. The minimum absolute atomic E-state index is 0.159. The molecule has 1 heterocycles. The maximum absolute atomic E-state index is 12.1. The largest absolute Gasteiger partial charge is 0.350 e. The molecule has 4 nitrogen and oxygen atoms in total. The van der Waals surface area contributed by atoms with Gasteiger partial charge in [-0.2, -0.15) is 5.26 Å². The lowest BCUT2D eigenvalue weighted by Gasteiger charge is -2.01. The van der Waals surface area contributed by atoms with Crippen LogP contribution in [0.3, 0.4) is 0 Å². The number of aldehydes is 1. The zero-order valence-electron chi connectivity index (χ0n) is 6.75. The maximum atomic E-state index is 12.1. The van der Waals surface area contributed by atoms with Gasteiger partial charge in [0.15, 0.2) is 6.29 Å². The maximum Gasteiger partial charge on any atom is 0.278 e. The van der Waals surface area contributed by atoms with Crippen LogP contribution in [0.4, 0.5) is 8.78 Å². The fourth-order valence-corrected chi connectivity index (χ4v) is 0.921. The molecule has 0 aliphatic rings. The molecule has 0 atom stereocenters. The molecule has 1 N–H and O–H groups in total. The van der Waals surface area contributed by atoms with Crippen LogP contribution >= 0.6 is 0 Å². The number of halogens is 2. The van der Waals surface area contributed by atoms with Gasteiger partial charge in [-0.1, -0.05) is 0 Å². The normalized spacial score (nSPS) is 9.86. The van der Waals surface area contributed by atoms with Crippen molar-refractivity contribution in [3.05, 3.63) is 33.2 Å². The Kier molecular flexibility index (Phi) is 2.72. The summed E-state index contributed by atoms with van der Waals surface area (Å²) in [6.07, 6.45) is -2.72. The number of H-pyrrole nitrogens is 1. The van der Waals surface area contributed by atoms with Crippen LogP contribution in [0.1, 0.15) is 28.2 Å². The molecule has 0 fully saturated rings. The first-order chi connectivity index (χ1) is 6.60. The van der Waals surface area contributed by atoms with Gasteiger partial charge in [-0.25, -0.2) is 8.78 Å². The van der Waals surface area contributed by atoms with E-state index in [0.29, 0.717) is 6.07 Å². The number of hydrogen-bond donors (Lipinski definition) is 1. The zero-order chi connectivity index (χ0) is 10.7. The second-order valence-electron chi connectivity index (χ2n) is 2.41. The Bertz CT molecular complexity index is 459. The van der Waals surface area contributed by atoms with E-state index in [1.165, 1.54) is 6.07 Å². The Balaban J connectivity index is 3.49. The van der Waals surface area contributed by atoms with Crippen LogP contribution in [0.25, 0.3) is 0 Å². The van der Waals surface area contributed by atoms with Crippen LogP contribution in [0.15, 0.2) is 10.9 Å². The van der Waals surface area contributed by atoms with Crippen LogP contribution in [-0.2, 0) is 0 Å². The molecule has 0 saturated carbocycles. The Morgan fingerprint density at radius 1 is 1.57 bits per heavy atom. The van der Waals surface area contributed by atoms with E-state index >= 15 is 0 Å². The summed E-state index contributed by atoms with van der Waals surface area (Å²) >= 11 is 0. The summed E-state index contributed by atoms with van der Waals surface area (Å²) in [6.45, 7) is 0. The third-order valence-corrected chi connectivity index (χ3v) is 1.55. The van der Waals surface area contributed by atoms with Gasteiger partial charge in [0, 0.05) is 6.07 Å². The van der Waals surface area contributed by atoms with Gasteiger partial charge in [0.25, 0.3) is 6.43 Å². The average molecular weight is 198 g/mol. The number of nitriles is 1. The number of pyridine rings is 1. The first kappa shape index (κ1) is 10.1. The minimum atomic E-state index is -2.88. The summed E-state index contributed by atoms with van der Waals surface area (Å²) in [5.74, 6) is 0. The van der Waals surface area contributed by atoms with Gasteiger partial charge in [0.05, 0.1) is 5.69 Å². The number of rotatable bonds is 2. The summed E-state index contributed by atoms with van der Waals surface area (Å²) in [5.41, 5.74) is -2.43. The van der Waals surface area contributed by atoms with Crippen molar-refractivity contribution in [3.63, 3.8) is 0 Å². The van der Waals surface area contributed by atoms with Crippen molar-refractivity contribution < 1.29 is 13.6 Å². The van der Waals surface area contributed by atoms with Crippen molar-refractivity contribution in [1.29, 1.82) is 5.26 Å². The van der Waals surface area contributed by atoms with E-state index in [4.69, 9.17) is 5.26 Å². The monoisotopic (exact) mass is 198 g/mol. The van der Waals surface area contributed by atoms with Gasteiger partial charge in [-0.05, 0) is 0 Å². The molecule has 1 rings (SSSR count). The third kappa shape index (κ3) is 1.66. The van der Waals surface area contributed by atoms with Crippen LogP contribution in [0.5, 0.6) is 0 Å². The first-order valence-electron chi connectivity index (χ1n) is 3.50. The Labute approximate surface area is 76.8 Å². The molecule has 14 heavy (non-hydrogen) atoms. The molecule has 0 bridgehead atoms. The van der Waals surface area contributed by atoms with E-state index in [9.17, 15) is 18.4 Å². The van der Waals surface area contributed by atoms with E-state index in [1.807, 2.05) is 4.98 Å². The molecule has 0 spiro atoms. The highest BCUT2D eigenvalue weighted by molar-refractivity contribution is 5.76. The molecule has 0 aliphatic carbocycles. The highest BCUT2D eigenvalue weighted by Gasteiger charge is 2.13. The smallest absolute Gasteiger partial charge is 0.278 e. The van der Waals surface area contributed by atoms with E-state index in [0.717, 1.165) is 0 Å². The van der Waals surface area contributed by atoms with E-state index < -0.39 is 28.8 Å². The number of alkyl halides is 2. The van der Waals surface area contributed by atoms with Gasteiger partial charge < -0.3 is 4.98 Å². The topological polar surface area (TPSA) is 73.7 Å². The van der Waals surface area contributed by atoms with E-state index in [-0.39, 0.29) is 6.29 Å². The fraction of sp³-hybridized carbons (Fsp3) is 0.125. The summed E-state index contributed by atoms with van der Waals surface area (Å²) in [6, 6.07) is 2.07. The number of nitrogens with one attached hydrogen (secondary N) is 1. The van der Waals surface area contributed by atoms with E-state index in [2.05, 4.69) is 0 Å². The van der Waals surface area contributed by atoms with Crippen molar-refractivity contribution in [3.8, 4) is 6.07 Å². The predicted octanol–water partition coefficient (Wildman–Crippen LogP) is 0.997. The predicted molar refractivity (Wildman–Crippen MR) is 42.1 cm³/mol. The average Bonchev–Trinajstić information content (AvgIpc) is 2.16. The molecule has 1 aromatic rings. The van der Waals surface area contributed by atoms with E-state index in [1.54, 1.807) is 0 Å². The quantitative estimate of drug-likeness (QED) is 0.720. The Morgan fingerprint density at radius 3 is 2.64 bits per heavy atom. The SMILES string of the molecule is N#Cc1c(C=O)[nH]c(C(F)F)cc1=O. The lowest BCUT2D eigenvalue weighted by molar-refractivity contribution is 0.111. The first-order valence-corrected chi connectivity index (χ1v) is 3.50. The van der Waals surface area contributed by atoms with Gasteiger partial charge in [0.1, 0.15) is 17.3 Å². The van der Waals surface area contributed by atoms with Crippen LogP contribution < -0.4 is 5.43 Å². The number of hydrogen-bond acceptors (Lipinski definition) is 3. The van der Waals surface area contributed by atoms with Crippen molar-refractivity contribution >= 4 is 6.29 Å². The minimum Gasteiger partial charge on any atom is -0.350 e. The van der Waals surface area contributed by atoms with Crippen molar-refractivity contribution in [2.45, 2.75) is 6.43 Å². The van der Waals surface area contributed by atoms with Gasteiger partial charge in [-0.3, -0.25) is 9.59 Å². The van der Waals surface area contributed by atoms with Crippen LogP contribution in [0.2, 0.25) is 0 Å². The molecule has 0 unspecified atom stereocenters. The summed E-state index contributed by atoms with van der Waals surface area (Å²) < 4.78 is 24.3. The molecular weight excluding hydrogens is 194 g/mol. The standard InChI is InChI=1S/C8H4F2N2O2/c9-8(10)5-1-7(14)4(2-11)6(3-13)12-5/h1,3,8H,(H,12,14). The van der Waals surface area contributed by atoms with Crippen LogP contribution in [0, 0.1) is 11.3 Å². The second kappa shape index (κ2) is 3.79. The Morgan fingerprint density at radius 2 is 2.21 bits per heavy atom. The second-order valence-corrected chi connectivity index (χ2v) is 2.41. The molecule has 0 amide bonds. The number of carbonyl (C=O) groups excluding carboxylic acids is 1. The molecule has 0 aliphatic heterocycles. The van der Waals surface area contributed by atoms with Gasteiger partial charge in [-0.15, -0.1) is 0 Å². The molecule has 0 saturated heterocycles. The summed E-state index contributed by atoms with van der Waals surface area (Å²) in [7, 11) is 0. The lowest BCUT2D eigenvalue weighted by atomic mass is 10.2. The lowest BCUT2D eigenvalue weighted by Crippen LogP contribution is -2.13. The van der Waals surface area contributed by atoms with Crippen molar-refractivity contribution in [2.75, 3.05) is 0 Å². The molecule has 6 heteroatoms. The molecule has 1 aromatic heterocycles. The highest BCUT2D eigenvalue weighted by Crippen LogP contribution is 2.15. The van der Waals surface area contributed by atoms with Crippen molar-refractivity contribution in [2.24, 2.45) is 0 Å². The molecular formula is C8H4F2N2O2. The molecule has 0 radical (unpaired) electrons. The highest BCUT2D eigenvalue weighted by atomic mass is 19.3. The zero-order valence-corrected chi connectivity index (χ0v) is 6.75. The van der Waals surface area contributed by atoms with Crippen LogP contribution in [-0.4, -0.2) is 11.3 Å².